The summed E-state index contributed by atoms with van der Waals surface area (Å²) < 4.78 is 5.81. The third-order valence-electron chi connectivity index (χ3n) is 4.38. The number of ketones is 1. The van der Waals surface area contributed by atoms with Crippen LogP contribution in [-0.4, -0.2) is 11.9 Å². The third kappa shape index (κ3) is 3.70. The molecule has 0 N–H and O–H groups in total. The minimum absolute atomic E-state index is 0.0256. The van der Waals surface area contributed by atoms with Gasteiger partial charge in [0.25, 0.3) is 0 Å². The Balaban J connectivity index is 1.56. The molecule has 2 unspecified atom stereocenters. The molecule has 0 aromatic heterocycles. The van der Waals surface area contributed by atoms with Crippen LogP contribution >= 0.6 is 0 Å². The largest absolute Gasteiger partial charge is 0.361 e. The Labute approximate surface area is 137 Å². The van der Waals surface area contributed by atoms with Gasteiger partial charge in [-0.3, -0.25) is 4.79 Å². The molecule has 3 rings (SSSR count). The summed E-state index contributed by atoms with van der Waals surface area (Å²) >= 11 is 0. The summed E-state index contributed by atoms with van der Waals surface area (Å²) in [5, 5.41) is 0. The summed E-state index contributed by atoms with van der Waals surface area (Å²) in [6, 6.07) is 18.1. The maximum Gasteiger partial charge on any atom is 0.144 e. The second-order valence-electron chi connectivity index (χ2n) is 5.92. The van der Waals surface area contributed by atoms with Gasteiger partial charge < -0.3 is 4.74 Å². The van der Waals surface area contributed by atoms with Crippen LogP contribution in [0.5, 0.6) is 0 Å². The van der Waals surface area contributed by atoms with Gasteiger partial charge in [-0.25, -0.2) is 0 Å². The van der Waals surface area contributed by atoms with E-state index in [2.05, 4.69) is 12.0 Å². The van der Waals surface area contributed by atoms with Crippen LogP contribution in [0.25, 0.3) is 0 Å². The maximum atomic E-state index is 12.2. The average Bonchev–Trinajstić information content (AvgIpc) is 2.91. The van der Waals surface area contributed by atoms with Crippen molar-refractivity contribution < 1.29 is 9.53 Å². The summed E-state index contributed by atoms with van der Waals surface area (Å²) in [5.74, 6) is 2.97. The minimum atomic E-state index is -0.254. The number of ether oxygens (including phenoxy) is 1. The number of carbonyl (C=O) groups is 1. The van der Waals surface area contributed by atoms with Crippen molar-refractivity contribution in [2.24, 2.45) is 0 Å². The van der Waals surface area contributed by atoms with E-state index in [0.717, 1.165) is 23.1 Å². The molecule has 2 nitrogen and oxygen atoms in total. The van der Waals surface area contributed by atoms with Gasteiger partial charge in [-0.15, -0.1) is 6.42 Å². The zero-order valence-corrected chi connectivity index (χ0v) is 13.1. The van der Waals surface area contributed by atoms with E-state index in [4.69, 9.17) is 11.2 Å². The van der Waals surface area contributed by atoms with Gasteiger partial charge in [-0.05, 0) is 29.5 Å². The van der Waals surface area contributed by atoms with Gasteiger partial charge in [0.15, 0.2) is 0 Å². The minimum Gasteiger partial charge on any atom is -0.361 e. The highest BCUT2D eigenvalue weighted by atomic mass is 16.5. The van der Waals surface area contributed by atoms with Gasteiger partial charge in [0.2, 0.25) is 0 Å². The lowest BCUT2D eigenvalue weighted by molar-refractivity contribution is -0.119. The van der Waals surface area contributed by atoms with Gasteiger partial charge in [-0.2, -0.15) is 0 Å². The Hall–Kier alpha value is -2.37. The highest BCUT2D eigenvalue weighted by Crippen LogP contribution is 2.34. The summed E-state index contributed by atoms with van der Waals surface area (Å²) in [7, 11) is 0. The second-order valence-corrected chi connectivity index (χ2v) is 5.92. The molecule has 2 aromatic carbocycles. The number of hydrogen-bond donors (Lipinski definition) is 0. The van der Waals surface area contributed by atoms with Crippen LogP contribution in [0.1, 0.15) is 35.4 Å². The number of fused-ring (bicyclic) bond motifs is 1. The van der Waals surface area contributed by atoms with Crippen molar-refractivity contribution in [1.29, 1.82) is 0 Å². The topological polar surface area (TPSA) is 26.3 Å². The second kappa shape index (κ2) is 7.26. The highest BCUT2D eigenvalue weighted by molar-refractivity contribution is 5.92. The predicted molar refractivity (Wildman–Crippen MR) is 91.0 cm³/mol. The smallest absolute Gasteiger partial charge is 0.144 e. The standard InChI is InChI=1S/C21H20O2/c1-2-18(23-15-16-8-4-3-5-9-16)12-13-20-19-11-7-6-10-17(19)14-21(20)22/h1,3-11,18,20H,12-15H2. The quantitative estimate of drug-likeness (QED) is 0.757. The molecule has 0 radical (unpaired) electrons. The third-order valence-corrected chi connectivity index (χ3v) is 4.38. The van der Waals surface area contributed by atoms with E-state index in [-0.39, 0.29) is 12.0 Å². The molecule has 1 aliphatic rings. The zero-order chi connectivity index (χ0) is 16.1. The first-order valence-electron chi connectivity index (χ1n) is 8.00. The normalized spacial score (nSPS) is 17.5. The van der Waals surface area contributed by atoms with Crippen LogP contribution in [0.4, 0.5) is 0 Å². The molecule has 2 aromatic rings. The summed E-state index contributed by atoms with van der Waals surface area (Å²) in [5.41, 5.74) is 3.43. The molecule has 0 aliphatic heterocycles. The molecule has 0 saturated carbocycles. The van der Waals surface area contributed by atoms with Gasteiger partial charge in [-0.1, -0.05) is 60.5 Å². The van der Waals surface area contributed by atoms with E-state index in [1.165, 1.54) is 0 Å². The maximum absolute atomic E-state index is 12.2. The van der Waals surface area contributed by atoms with Crippen molar-refractivity contribution in [3.63, 3.8) is 0 Å². The van der Waals surface area contributed by atoms with E-state index in [9.17, 15) is 4.79 Å². The lowest BCUT2D eigenvalue weighted by atomic mass is 9.94. The Morgan fingerprint density at radius 3 is 2.65 bits per heavy atom. The first kappa shape index (κ1) is 15.5. The molecule has 23 heavy (non-hydrogen) atoms. The van der Waals surface area contributed by atoms with Crippen LogP contribution in [0.15, 0.2) is 54.6 Å². The SMILES string of the molecule is C#CC(CCC1C(=O)Cc2ccccc21)OCc1ccccc1. The van der Waals surface area contributed by atoms with Crippen LogP contribution in [0, 0.1) is 12.3 Å². The highest BCUT2D eigenvalue weighted by Gasteiger charge is 2.30. The first-order valence-corrected chi connectivity index (χ1v) is 8.00. The Bertz CT molecular complexity index is 712. The molecule has 0 fully saturated rings. The van der Waals surface area contributed by atoms with Crippen molar-refractivity contribution in [3.05, 3.63) is 71.3 Å². The van der Waals surface area contributed by atoms with Crippen molar-refractivity contribution in [2.45, 2.75) is 37.9 Å². The molecule has 0 heterocycles. The molecule has 1 aliphatic carbocycles. The van der Waals surface area contributed by atoms with E-state index in [0.29, 0.717) is 25.2 Å². The fraction of sp³-hybridized carbons (Fsp3) is 0.286. The van der Waals surface area contributed by atoms with Crippen molar-refractivity contribution in [1.82, 2.24) is 0 Å². The van der Waals surface area contributed by atoms with E-state index in [1.807, 2.05) is 48.5 Å². The molecular weight excluding hydrogens is 284 g/mol. The van der Waals surface area contributed by atoms with E-state index in [1.54, 1.807) is 0 Å². The number of rotatable bonds is 6. The summed E-state index contributed by atoms with van der Waals surface area (Å²) in [4.78, 5) is 12.2. The monoisotopic (exact) mass is 304 g/mol. The average molecular weight is 304 g/mol. The summed E-state index contributed by atoms with van der Waals surface area (Å²) in [6.07, 6.45) is 7.34. The van der Waals surface area contributed by atoms with Crippen molar-refractivity contribution >= 4 is 5.78 Å². The Morgan fingerprint density at radius 2 is 1.87 bits per heavy atom. The van der Waals surface area contributed by atoms with Gasteiger partial charge >= 0.3 is 0 Å². The van der Waals surface area contributed by atoms with Crippen molar-refractivity contribution in [2.75, 3.05) is 0 Å². The molecule has 0 bridgehead atoms. The fourth-order valence-corrected chi connectivity index (χ4v) is 3.14. The predicted octanol–water partition coefficient (Wildman–Crippen LogP) is 3.89. The van der Waals surface area contributed by atoms with Crippen LogP contribution < -0.4 is 0 Å². The van der Waals surface area contributed by atoms with Crippen LogP contribution in [0.3, 0.4) is 0 Å². The van der Waals surface area contributed by atoms with Gasteiger partial charge in [0.05, 0.1) is 6.61 Å². The molecular formula is C21H20O2. The molecule has 0 spiro atoms. The molecule has 2 atom stereocenters. The van der Waals surface area contributed by atoms with Crippen LogP contribution in [0.2, 0.25) is 0 Å². The Morgan fingerprint density at radius 1 is 1.13 bits per heavy atom. The molecule has 116 valence electrons. The number of carbonyl (C=O) groups excluding carboxylic acids is 1. The molecule has 0 amide bonds. The van der Waals surface area contributed by atoms with Crippen molar-refractivity contribution in [3.8, 4) is 12.3 Å². The number of hydrogen-bond acceptors (Lipinski definition) is 2. The first-order chi connectivity index (χ1) is 11.3. The Kier molecular flexibility index (Phi) is 4.90. The van der Waals surface area contributed by atoms with E-state index < -0.39 is 0 Å². The summed E-state index contributed by atoms with van der Waals surface area (Å²) in [6.45, 7) is 0.505. The lowest BCUT2D eigenvalue weighted by Crippen LogP contribution is -2.14. The molecule has 0 saturated heterocycles. The number of Topliss-reactive ketones (excluding diaryl/α,β-unsaturated/α-hetero) is 1. The number of benzene rings is 2. The van der Waals surface area contributed by atoms with Crippen LogP contribution in [-0.2, 0) is 22.6 Å². The van der Waals surface area contributed by atoms with Gasteiger partial charge in [0.1, 0.15) is 11.9 Å². The lowest BCUT2D eigenvalue weighted by Gasteiger charge is -2.15. The van der Waals surface area contributed by atoms with Gasteiger partial charge in [0, 0.05) is 12.3 Å². The fourth-order valence-electron chi connectivity index (χ4n) is 3.14. The molecule has 2 heteroatoms. The van der Waals surface area contributed by atoms with E-state index >= 15 is 0 Å². The number of terminal acetylenes is 1. The zero-order valence-electron chi connectivity index (χ0n) is 13.1.